The van der Waals surface area contributed by atoms with Crippen LogP contribution < -0.4 is 9.47 Å². The smallest absolute Gasteiger partial charge is 0.128 e. The molecule has 0 amide bonds. The molecule has 1 unspecified atom stereocenters. The number of aliphatic hydroxyl groups excluding tert-OH is 1. The summed E-state index contributed by atoms with van der Waals surface area (Å²) in [5.74, 6) is 1.46. The first-order valence-corrected chi connectivity index (χ1v) is 7.01. The highest BCUT2D eigenvalue weighted by molar-refractivity contribution is 5.42. The number of aliphatic hydroxyl groups is 1. The van der Waals surface area contributed by atoms with Gasteiger partial charge in [-0.1, -0.05) is 26.2 Å². The van der Waals surface area contributed by atoms with Gasteiger partial charge in [-0.3, -0.25) is 0 Å². The zero-order valence-corrected chi connectivity index (χ0v) is 12.1. The lowest BCUT2D eigenvalue weighted by Gasteiger charge is -2.38. The summed E-state index contributed by atoms with van der Waals surface area (Å²) in [6.07, 6.45) is 5.35. The molecule has 0 heterocycles. The van der Waals surface area contributed by atoms with Gasteiger partial charge in [0.25, 0.3) is 0 Å². The highest BCUT2D eigenvalue weighted by Gasteiger charge is 2.36. The predicted molar refractivity (Wildman–Crippen MR) is 75.7 cm³/mol. The summed E-state index contributed by atoms with van der Waals surface area (Å²) < 4.78 is 10.6. The molecule has 3 nitrogen and oxygen atoms in total. The summed E-state index contributed by atoms with van der Waals surface area (Å²) in [6.45, 7) is 2.18. The van der Waals surface area contributed by atoms with Crippen LogP contribution in [-0.4, -0.2) is 19.3 Å². The van der Waals surface area contributed by atoms with Gasteiger partial charge < -0.3 is 14.6 Å². The number of methoxy groups -OCH3 is 2. The second-order valence-electron chi connectivity index (χ2n) is 5.73. The Morgan fingerprint density at radius 3 is 2.37 bits per heavy atom. The van der Waals surface area contributed by atoms with Crippen molar-refractivity contribution in [2.75, 3.05) is 14.2 Å². The van der Waals surface area contributed by atoms with Crippen LogP contribution in [0.4, 0.5) is 0 Å². The monoisotopic (exact) mass is 264 g/mol. The normalized spacial score (nSPS) is 19.8. The third-order valence-corrected chi connectivity index (χ3v) is 4.39. The van der Waals surface area contributed by atoms with E-state index in [9.17, 15) is 5.11 Å². The van der Waals surface area contributed by atoms with E-state index in [1.54, 1.807) is 14.2 Å². The second-order valence-corrected chi connectivity index (χ2v) is 5.73. The summed E-state index contributed by atoms with van der Waals surface area (Å²) in [5, 5.41) is 10.8. The largest absolute Gasteiger partial charge is 0.497 e. The Morgan fingerprint density at radius 1 is 1.11 bits per heavy atom. The van der Waals surface area contributed by atoms with Crippen LogP contribution in [0.1, 0.15) is 50.7 Å². The van der Waals surface area contributed by atoms with E-state index < -0.39 is 6.10 Å². The van der Waals surface area contributed by atoms with Crippen molar-refractivity contribution in [1.82, 2.24) is 0 Å². The van der Waals surface area contributed by atoms with E-state index >= 15 is 0 Å². The molecule has 19 heavy (non-hydrogen) atoms. The Hall–Kier alpha value is -1.22. The first-order chi connectivity index (χ1) is 9.10. The molecular formula is C16H24O3. The van der Waals surface area contributed by atoms with Gasteiger partial charge >= 0.3 is 0 Å². The zero-order chi connectivity index (χ0) is 13.9. The van der Waals surface area contributed by atoms with Crippen molar-refractivity contribution in [3.05, 3.63) is 23.8 Å². The highest BCUT2D eigenvalue weighted by atomic mass is 16.5. The molecule has 1 atom stereocenters. The molecule has 1 N–H and O–H groups in total. The third-order valence-electron chi connectivity index (χ3n) is 4.39. The molecule has 1 aliphatic carbocycles. The van der Waals surface area contributed by atoms with Crippen LogP contribution in [0.15, 0.2) is 18.2 Å². The predicted octanol–water partition coefficient (Wildman–Crippen LogP) is 3.71. The highest BCUT2D eigenvalue weighted by Crippen LogP contribution is 2.47. The van der Waals surface area contributed by atoms with Gasteiger partial charge in [0.1, 0.15) is 11.5 Å². The van der Waals surface area contributed by atoms with E-state index in [0.29, 0.717) is 5.75 Å². The topological polar surface area (TPSA) is 38.7 Å². The first-order valence-electron chi connectivity index (χ1n) is 7.01. The minimum atomic E-state index is -0.478. The minimum absolute atomic E-state index is 0.0415. The van der Waals surface area contributed by atoms with E-state index in [2.05, 4.69) is 6.92 Å². The van der Waals surface area contributed by atoms with Crippen molar-refractivity contribution in [1.29, 1.82) is 0 Å². The average Bonchev–Trinajstić information content (AvgIpc) is 2.46. The number of ether oxygens (including phenoxy) is 2. The van der Waals surface area contributed by atoms with E-state index in [-0.39, 0.29) is 5.41 Å². The standard InChI is InChI=1S/C16H24O3/c1-16(9-5-4-6-10-16)15(17)13-8-7-12(18-2)11-14(13)19-3/h7-8,11,15,17H,4-6,9-10H2,1-3H3. The van der Waals surface area contributed by atoms with Crippen molar-refractivity contribution in [3.63, 3.8) is 0 Å². The molecule has 1 aromatic rings. The average molecular weight is 264 g/mol. The molecule has 1 aromatic carbocycles. The van der Waals surface area contributed by atoms with E-state index in [1.807, 2.05) is 18.2 Å². The Balaban J connectivity index is 2.29. The van der Waals surface area contributed by atoms with Gasteiger partial charge in [0.05, 0.1) is 20.3 Å². The molecule has 0 spiro atoms. The molecule has 0 aromatic heterocycles. The quantitative estimate of drug-likeness (QED) is 0.901. The molecular weight excluding hydrogens is 240 g/mol. The first kappa shape index (κ1) is 14.2. The van der Waals surface area contributed by atoms with E-state index in [4.69, 9.17) is 9.47 Å². The van der Waals surface area contributed by atoms with Crippen LogP contribution in [-0.2, 0) is 0 Å². The molecule has 0 radical (unpaired) electrons. The molecule has 1 saturated carbocycles. The van der Waals surface area contributed by atoms with Crippen LogP contribution in [0.25, 0.3) is 0 Å². The van der Waals surface area contributed by atoms with Crippen LogP contribution in [0.2, 0.25) is 0 Å². The minimum Gasteiger partial charge on any atom is -0.497 e. The maximum atomic E-state index is 10.8. The summed E-state index contributed by atoms with van der Waals surface area (Å²) >= 11 is 0. The zero-order valence-electron chi connectivity index (χ0n) is 12.1. The van der Waals surface area contributed by atoms with Gasteiger partial charge in [0.2, 0.25) is 0 Å². The number of benzene rings is 1. The van der Waals surface area contributed by atoms with Gasteiger partial charge in [-0.15, -0.1) is 0 Å². The molecule has 106 valence electrons. The van der Waals surface area contributed by atoms with Crippen LogP contribution >= 0.6 is 0 Å². The molecule has 1 aliphatic rings. The Labute approximate surface area is 115 Å². The maximum Gasteiger partial charge on any atom is 0.128 e. The van der Waals surface area contributed by atoms with E-state index in [1.165, 1.54) is 19.3 Å². The lowest BCUT2D eigenvalue weighted by Crippen LogP contribution is -2.28. The summed E-state index contributed by atoms with van der Waals surface area (Å²) in [7, 11) is 3.27. The van der Waals surface area contributed by atoms with Crippen molar-refractivity contribution < 1.29 is 14.6 Å². The number of hydrogen-bond donors (Lipinski definition) is 1. The van der Waals surface area contributed by atoms with Gasteiger partial charge in [-0.2, -0.15) is 0 Å². The fourth-order valence-electron chi connectivity index (χ4n) is 3.05. The SMILES string of the molecule is COc1ccc(C(O)C2(C)CCCCC2)c(OC)c1. The van der Waals surface area contributed by atoms with Crippen LogP contribution in [0, 0.1) is 5.41 Å². The summed E-state index contributed by atoms with van der Waals surface area (Å²) in [4.78, 5) is 0. The lowest BCUT2D eigenvalue weighted by atomic mass is 9.70. The maximum absolute atomic E-state index is 10.8. The molecule has 0 saturated heterocycles. The van der Waals surface area contributed by atoms with Crippen molar-refractivity contribution >= 4 is 0 Å². The molecule has 1 fully saturated rings. The Kier molecular flexibility index (Phi) is 4.35. The Morgan fingerprint density at radius 2 is 1.79 bits per heavy atom. The van der Waals surface area contributed by atoms with Crippen LogP contribution in [0.3, 0.4) is 0 Å². The molecule has 2 rings (SSSR count). The summed E-state index contributed by atoms with van der Waals surface area (Å²) in [5.41, 5.74) is 0.827. The van der Waals surface area contributed by atoms with Gasteiger partial charge in [-0.25, -0.2) is 0 Å². The van der Waals surface area contributed by atoms with Gasteiger partial charge in [0, 0.05) is 11.6 Å². The fourth-order valence-corrected chi connectivity index (χ4v) is 3.05. The molecule has 3 heteroatoms. The van der Waals surface area contributed by atoms with Gasteiger partial charge in [0.15, 0.2) is 0 Å². The summed E-state index contributed by atoms with van der Waals surface area (Å²) in [6, 6.07) is 5.64. The fraction of sp³-hybridized carbons (Fsp3) is 0.625. The van der Waals surface area contributed by atoms with Gasteiger partial charge in [-0.05, 0) is 30.4 Å². The van der Waals surface area contributed by atoms with E-state index in [0.717, 1.165) is 24.2 Å². The molecule has 0 bridgehead atoms. The lowest BCUT2D eigenvalue weighted by molar-refractivity contribution is 0.00667. The second kappa shape index (κ2) is 5.83. The van der Waals surface area contributed by atoms with Crippen molar-refractivity contribution in [2.24, 2.45) is 5.41 Å². The Bertz CT molecular complexity index is 422. The van der Waals surface area contributed by atoms with Crippen molar-refractivity contribution in [2.45, 2.75) is 45.1 Å². The number of hydrogen-bond acceptors (Lipinski definition) is 3. The molecule has 0 aliphatic heterocycles. The van der Waals surface area contributed by atoms with Crippen LogP contribution in [0.5, 0.6) is 11.5 Å². The third kappa shape index (κ3) is 2.86. The van der Waals surface area contributed by atoms with Crippen molar-refractivity contribution in [3.8, 4) is 11.5 Å². The number of rotatable bonds is 4.